The molecule has 3 heterocycles. The Hall–Kier alpha value is -2.72. The Morgan fingerprint density at radius 1 is 1.14 bits per heavy atom. The van der Waals surface area contributed by atoms with E-state index in [1.54, 1.807) is 5.48 Å². The summed E-state index contributed by atoms with van der Waals surface area (Å²) in [7, 11) is -3.76. The molecule has 204 valence electrons. The number of ether oxygens (including phenoxy) is 2. The SMILES string of the molecule is C#N.Cc1ccc(C2CCN(S(=O)(=O)CC3(C(=O)NO)CCN(C(=O)O[C@H]4CCOC4)CC3)CC2)cc1. The minimum Gasteiger partial charge on any atom is -0.444 e. The fraction of sp³-hybridized carbons (Fsp3) is 0.640. The van der Waals surface area contributed by atoms with Crippen LogP contribution in [0.4, 0.5) is 4.79 Å². The van der Waals surface area contributed by atoms with Gasteiger partial charge in [-0.2, -0.15) is 0 Å². The molecule has 0 spiro atoms. The van der Waals surface area contributed by atoms with Crippen molar-refractivity contribution in [3.8, 4) is 6.57 Å². The maximum absolute atomic E-state index is 13.4. The first-order valence-electron chi connectivity index (χ1n) is 12.5. The van der Waals surface area contributed by atoms with E-state index in [1.807, 2.05) is 6.92 Å². The zero-order valence-corrected chi connectivity index (χ0v) is 22.0. The molecule has 37 heavy (non-hydrogen) atoms. The molecule has 1 aromatic carbocycles. The van der Waals surface area contributed by atoms with Crippen molar-refractivity contribution in [3.63, 3.8) is 0 Å². The first-order chi connectivity index (χ1) is 17.7. The Morgan fingerprint density at radius 3 is 2.30 bits per heavy atom. The number of likely N-dealkylation sites (tertiary alicyclic amines) is 1. The van der Waals surface area contributed by atoms with Crippen molar-refractivity contribution in [1.29, 1.82) is 5.26 Å². The van der Waals surface area contributed by atoms with Crippen LogP contribution in [-0.4, -0.2) is 86.1 Å². The van der Waals surface area contributed by atoms with E-state index in [9.17, 15) is 23.2 Å². The Morgan fingerprint density at radius 2 is 1.76 bits per heavy atom. The Bertz CT molecular complexity index is 1040. The van der Waals surface area contributed by atoms with Gasteiger partial charge in [0.25, 0.3) is 5.91 Å². The van der Waals surface area contributed by atoms with Crippen LogP contribution in [0, 0.1) is 24.2 Å². The second-order valence-corrected chi connectivity index (χ2v) is 11.9. The molecular weight excluding hydrogens is 500 g/mol. The second-order valence-electron chi connectivity index (χ2n) is 9.92. The highest BCUT2D eigenvalue weighted by atomic mass is 32.2. The number of benzene rings is 1. The highest BCUT2D eigenvalue weighted by molar-refractivity contribution is 7.89. The van der Waals surface area contributed by atoms with Crippen LogP contribution in [0.5, 0.6) is 0 Å². The van der Waals surface area contributed by atoms with Gasteiger partial charge in [-0.05, 0) is 44.1 Å². The van der Waals surface area contributed by atoms with Gasteiger partial charge in [0.1, 0.15) is 6.10 Å². The molecule has 3 aliphatic rings. The first-order valence-corrected chi connectivity index (χ1v) is 14.1. The summed E-state index contributed by atoms with van der Waals surface area (Å²) in [5.74, 6) is -0.829. The van der Waals surface area contributed by atoms with Crippen LogP contribution in [-0.2, 0) is 24.3 Å². The van der Waals surface area contributed by atoms with E-state index in [0.29, 0.717) is 51.5 Å². The average Bonchev–Trinajstić information content (AvgIpc) is 3.43. The minimum absolute atomic E-state index is 0.120. The monoisotopic (exact) mass is 536 g/mol. The number of aryl methyl sites for hydroxylation is 1. The molecule has 0 aromatic heterocycles. The van der Waals surface area contributed by atoms with Crippen molar-refractivity contribution in [3.05, 3.63) is 35.4 Å². The molecule has 3 aliphatic heterocycles. The van der Waals surface area contributed by atoms with E-state index in [1.165, 1.54) is 20.3 Å². The fourth-order valence-corrected chi connectivity index (χ4v) is 7.31. The molecule has 3 fully saturated rings. The maximum atomic E-state index is 13.4. The molecular formula is C25H36N4O7S. The van der Waals surface area contributed by atoms with E-state index < -0.39 is 33.2 Å². The van der Waals surface area contributed by atoms with E-state index in [-0.39, 0.29) is 32.0 Å². The summed E-state index contributed by atoms with van der Waals surface area (Å²) < 4.78 is 38.8. The number of nitriles is 1. The van der Waals surface area contributed by atoms with Gasteiger partial charge in [0.15, 0.2) is 0 Å². The number of amides is 2. The molecule has 0 bridgehead atoms. The lowest BCUT2D eigenvalue weighted by Crippen LogP contribution is -2.55. The number of hydrogen-bond donors (Lipinski definition) is 2. The predicted molar refractivity (Wildman–Crippen MR) is 134 cm³/mol. The van der Waals surface area contributed by atoms with Crippen LogP contribution in [0.3, 0.4) is 0 Å². The van der Waals surface area contributed by atoms with Gasteiger partial charge in [-0.25, -0.2) is 28.3 Å². The number of nitrogens with one attached hydrogen (secondary N) is 1. The van der Waals surface area contributed by atoms with Gasteiger partial charge < -0.3 is 14.4 Å². The van der Waals surface area contributed by atoms with Crippen molar-refractivity contribution in [2.75, 3.05) is 45.1 Å². The molecule has 0 aliphatic carbocycles. The van der Waals surface area contributed by atoms with Crippen LogP contribution >= 0.6 is 0 Å². The molecule has 0 unspecified atom stereocenters. The summed E-state index contributed by atoms with van der Waals surface area (Å²) >= 11 is 0. The lowest BCUT2D eigenvalue weighted by Gasteiger charge is -2.41. The number of rotatable bonds is 6. The van der Waals surface area contributed by atoms with Crippen molar-refractivity contribution < 1.29 is 32.7 Å². The number of piperidine rings is 2. The maximum Gasteiger partial charge on any atom is 0.410 e. The van der Waals surface area contributed by atoms with Crippen LogP contribution in [0.25, 0.3) is 0 Å². The number of hydrogen-bond acceptors (Lipinski definition) is 8. The van der Waals surface area contributed by atoms with Gasteiger partial charge in [0.2, 0.25) is 10.0 Å². The number of hydroxylamine groups is 1. The summed E-state index contributed by atoms with van der Waals surface area (Å²) in [6.45, 7) is 7.58. The number of nitrogens with zero attached hydrogens (tertiary/aromatic N) is 3. The third-order valence-electron chi connectivity index (χ3n) is 7.57. The normalized spacial score (nSPS) is 22.5. The Labute approximate surface area is 218 Å². The molecule has 3 saturated heterocycles. The van der Waals surface area contributed by atoms with Gasteiger partial charge >= 0.3 is 6.09 Å². The second kappa shape index (κ2) is 12.7. The molecule has 12 heteroatoms. The van der Waals surface area contributed by atoms with Gasteiger partial charge in [-0.1, -0.05) is 29.8 Å². The number of carbonyl (C=O) groups excluding carboxylic acids is 2. The van der Waals surface area contributed by atoms with E-state index in [0.717, 1.165) is 0 Å². The van der Waals surface area contributed by atoms with Gasteiger partial charge in [0, 0.05) is 39.2 Å². The minimum atomic E-state index is -3.76. The Balaban J connectivity index is 0.00000186. The van der Waals surface area contributed by atoms with Crippen molar-refractivity contribution in [2.45, 2.75) is 51.0 Å². The molecule has 0 radical (unpaired) electrons. The molecule has 2 amide bonds. The van der Waals surface area contributed by atoms with Gasteiger partial charge in [-0.3, -0.25) is 10.0 Å². The standard InChI is InChI=1S/C24H35N3O7S.CHN/c1-18-2-4-19(5-3-18)20-6-11-27(12-7-20)35(31,32)17-24(22(28)25-30)9-13-26(14-10-24)23(29)34-21-8-15-33-16-21;1-2/h2-5,20-21,30H,6-17H2,1H3,(H,25,28);1H/t21-;/m0./s1. The molecule has 2 N–H and O–H groups in total. The fourth-order valence-electron chi connectivity index (χ4n) is 5.24. The Kier molecular flexibility index (Phi) is 9.89. The molecule has 1 aromatic rings. The summed E-state index contributed by atoms with van der Waals surface area (Å²) in [6.07, 6.45) is 1.55. The number of carbonyl (C=O) groups is 2. The van der Waals surface area contributed by atoms with Crippen LogP contribution in [0.15, 0.2) is 24.3 Å². The molecule has 4 rings (SSSR count). The van der Waals surface area contributed by atoms with Crippen molar-refractivity contribution in [1.82, 2.24) is 14.7 Å². The van der Waals surface area contributed by atoms with Crippen LogP contribution < -0.4 is 5.48 Å². The summed E-state index contributed by atoms with van der Waals surface area (Å²) in [4.78, 5) is 26.6. The third-order valence-corrected chi connectivity index (χ3v) is 9.64. The highest BCUT2D eigenvalue weighted by Crippen LogP contribution is 2.36. The van der Waals surface area contributed by atoms with E-state index in [2.05, 4.69) is 30.8 Å². The van der Waals surface area contributed by atoms with E-state index >= 15 is 0 Å². The summed E-state index contributed by atoms with van der Waals surface area (Å²) in [6, 6.07) is 8.34. The van der Waals surface area contributed by atoms with Crippen LogP contribution in [0.2, 0.25) is 0 Å². The van der Waals surface area contributed by atoms with Crippen molar-refractivity contribution >= 4 is 22.0 Å². The third kappa shape index (κ3) is 6.98. The topological polar surface area (TPSA) is 149 Å². The molecule has 1 atom stereocenters. The van der Waals surface area contributed by atoms with Crippen molar-refractivity contribution in [2.24, 2.45) is 5.41 Å². The smallest absolute Gasteiger partial charge is 0.410 e. The summed E-state index contributed by atoms with van der Waals surface area (Å²) in [5.41, 5.74) is 2.76. The average molecular weight is 537 g/mol. The first kappa shape index (κ1) is 28.8. The predicted octanol–water partition coefficient (Wildman–Crippen LogP) is 2.16. The molecule has 11 nitrogen and oxygen atoms in total. The van der Waals surface area contributed by atoms with Gasteiger partial charge in [0.05, 0.1) is 24.4 Å². The molecule has 0 saturated carbocycles. The van der Waals surface area contributed by atoms with E-state index in [4.69, 9.17) is 14.7 Å². The lowest BCUT2D eigenvalue weighted by molar-refractivity contribution is -0.141. The summed E-state index contributed by atoms with van der Waals surface area (Å²) in [5, 5.41) is 15.9. The largest absolute Gasteiger partial charge is 0.444 e. The number of sulfonamides is 1. The quantitative estimate of drug-likeness (QED) is 0.415. The van der Waals surface area contributed by atoms with Crippen LogP contribution in [0.1, 0.15) is 49.1 Å². The lowest BCUT2D eigenvalue weighted by atomic mass is 9.79. The van der Waals surface area contributed by atoms with Gasteiger partial charge in [-0.15, -0.1) is 0 Å². The zero-order valence-electron chi connectivity index (χ0n) is 21.2. The highest BCUT2D eigenvalue weighted by Gasteiger charge is 2.47. The zero-order chi connectivity index (χ0) is 27.1.